The molecule has 0 bridgehead atoms. The molecular formula is C19H24. The lowest BCUT2D eigenvalue weighted by Gasteiger charge is -2.04. The Kier molecular flexibility index (Phi) is 5.68. The molecule has 0 heterocycles. The topological polar surface area (TPSA) is 0 Å². The van der Waals surface area contributed by atoms with Gasteiger partial charge in [0.15, 0.2) is 0 Å². The van der Waals surface area contributed by atoms with Crippen molar-refractivity contribution in [2.45, 2.75) is 45.4 Å². The Hall–Kier alpha value is -1.56. The van der Waals surface area contributed by atoms with Crippen molar-refractivity contribution in [3.05, 3.63) is 71.3 Å². The molecule has 0 saturated heterocycles. The Morgan fingerprint density at radius 2 is 1.05 bits per heavy atom. The molecule has 0 aliphatic heterocycles. The third-order valence-corrected chi connectivity index (χ3v) is 3.59. The highest BCUT2D eigenvalue weighted by molar-refractivity contribution is 5.22. The summed E-state index contributed by atoms with van der Waals surface area (Å²) in [6.07, 6.45) is 7.40. The van der Waals surface area contributed by atoms with Crippen molar-refractivity contribution in [1.82, 2.24) is 0 Å². The second-order valence-electron chi connectivity index (χ2n) is 5.26. The van der Waals surface area contributed by atoms with E-state index in [0.29, 0.717) is 0 Å². The van der Waals surface area contributed by atoms with Gasteiger partial charge in [0.25, 0.3) is 0 Å². The zero-order chi connectivity index (χ0) is 13.3. The third kappa shape index (κ3) is 4.90. The molecule has 0 unspecified atom stereocenters. The SMILES string of the molecule is CCCc1ccc(CCCCc2ccccc2)cc1. The van der Waals surface area contributed by atoms with Gasteiger partial charge in [-0.3, -0.25) is 0 Å². The summed E-state index contributed by atoms with van der Waals surface area (Å²) in [5.41, 5.74) is 4.41. The second-order valence-corrected chi connectivity index (χ2v) is 5.26. The Morgan fingerprint density at radius 3 is 1.58 bits per heavy atom. The smallest absolute Gasteiger partial charge is 0.0279 e. The van der Waals surface area contributed by atoms with Gasteiger partial charge in [-0.15, -0.1) is 0 Å². The number of unbranched alkanes of at least 4 members (excludes halogenated alkanes) is 1. The fourth-order valence-corrected chi connectivity index (χ4v) is 2.46. The predicted octanol–water partition coefficient (Wildman–Crippen LogP) is 5.20. The van der Waals surface area contributed by atoms with E-state index in [0.717, 1.165) is 0 Å². The molecule has 0 saturated carbocycles. The average Bonchev–Trinajstić information content (AvgIpc) is 2.47. The van der Waals surface area contributed by atoms with Gasteiger partial charge in [0.05, 0.1) is 0 Å². The number of hydrogen-bond donors (Lipinski definition) is 0. The molecule has 0 aliphatic carbocycles. The molecule has 2 aromatic carbocycles. The van der Waals surface area contributed by atoms with Crippen LogP contribution >= 0.6 is 0 Å². The first kappa shape index (κ1) is 13.9. The summed E-state index contributed by atoms with van der Waals surface area (Å²) in [6, 6.07) is 20.0. The number of hydrogen-bond acceptors (Lipinski definition) is 0. The second kappa shape index (κ2) is 7.78. The quantitative estimate of drug-likeness (QED) is 0.594. The van der Waals surface area contributed by atoms with E-state index < -0.39 is 0 Å². The molecule has 0 aromatic heterocycles. The molecule has 2 rings (SSSR count). The van der Waals surface area contributed by atoms with Crippen LogP contribution in [0.5, 0.6) is 0 Å². The molecule has 0 amide bonds. The monoisotopic (exact) mass is 252 g/mol. The lowest BCUT2D eigenvalue weighted by molar-refractivity contribution is 0.734. The molecule has 0 fully saturated rings. The molecule has 19 heavy (non-hydrogen) atoms. The van der Waals surface area contributed by atoms with Crippen molar-refractivity contribution in [2.24, 2.45) is 0 Å². The van der Waals surface area contributed by atoms with Crippen LogP contribution in [0.15, 0.2) is 54.6 Å². The zero-order valence-electron chi connectivity index (χ0n) is 11.9. The van der Waals surface area contributed by atoms with Crippen molar-refractivity contribution in [1.29, 1.82) is 0 Å². The fraction of sp³-hybridized carbons (Fsp3) is 0.368. The summed E-state index contributed by atoms with van der Waals surface area (Å²) in [7, 11) is 0. The van der Waals surface area contributed by atoms with Gasteiger partial charge in [-0.1, -0.05) is 67.9 Å². The molecule has 100 valence electrons. The number of rotatable bonds is 7. The highest BCUT2D eigenvalue weighted by Crippen LogP contribution is 2.11. The third-order valence-electron chi connectivity index (χ3n) is 3.59. The molecule has 0 radical (unpaired) electrons. The van der Waals surface area contributed by atoms with E-state index in [1.165, 1.54) is 55.2 Å². The van der Waals surface area contributed by atoms with Gasteiger partial charge in [0, 0.05) is 0 Å². The van der Waals surface area contributed by atoms with Gasteiger partial charge in [0.1, 0.15) is 0 Å². The molecule has 0 heteroatoms. The predicted molar refractivity (Wildman–Crippen MR) is 83.5 cm³/mol. The first-order chi connectivity index (χ1) is 9.38. The van der Waals surface area contributed by atoms with E-state index in [4.69, 9.17) is 0 Å². The van der Waals surface area contributed by atoms with Crippen LogP contribution in [0.1, 0.15) is 42.9 Å². The van der Waals surface area contributed by atoms with Crippen molar-refractivity contribution >= 4 is 0 Å². The van der Waals surface area contributed by atoms with Crippen LogP contribution in [0.25, 0.3) is 0 Å². The van der Waals surface area contributed by atoms with Gasteiger partial charge in [0.2, 0.25) is 0 Å². The minimum atomic E-state index is 1.20. The Bertz CT molecular complexity index is 453. The summed E-state index contributed by atoms with van der Waals surface area (Å²) in [4.78, 5) is 0. The van der Waals surface area contributed by atoms with Crippen LogP contribution in [0.2, 0.25) is 0 Å². The van der Waals surface area contributed by atoms with E-state index in [-0.39, 0.29) is 0 Å². The van der Waals surface area contributed by atoms with E-state index >= 15 is 0 Å². The van der Waals surface area contributed by atoms with E-state index in [2.05, 4.69) is 61.5 Å². The molecule has 2 aromatic rings. The van der Waals surface area contributed by atoms with E-state index in [1.807, 2.05) is 0 Å². The first-order valence-corrected chi connectivity index (χ1v) is 7.50. The molecule has 0 nitrogen and oxygen atoms in total. The Balaban J connectivity index is 1.70. The van der Waals surface area contributed by atoms with E-state index in [9.17, 15) is 0 Å². The lowest BCUT2D eigenvalue weighted by Crippen LogP contribution is -1.90. The zero-order valence-corrected chi connectivity index (χ0v) is 11.9. The van der Waals surface area contributed by atoms with Crippen molar-refractivity contribution in [2.75, 3.05) is 0 Å². The standard InChI is InChI=1S/C19H24/c1-2-8-17-13-15-19(16-14-17)12-7-6-11-18-9-4-3-5-10-18/h3-5,9-10,13-16H,2,6-8,11-12H2,1H3. The summed E-state index contributed by atoms with van der Waals surface area (Å²) in [5.74, 6) is 0. The molecule has 0 aliphatic rings. The average molecular weight is 252 g/mol. The minimum Gasteiger partial charge on any atom is -0.0651 e. The van der Waals surface area contributed by atoms with E-state index in [1.54, 1.807) is 0 Å². The molecule has 0 atom stereocenters. The van der Waals surface area contributed by atoms with Crippen molar-refractivity contribution in [3.63, 3.8) is 0 Å². The fourth-order valence-electron chi connectivity index (χ4n) is 2.46. The highest BCUT2D eigenvalue weighted by atomic mass is 14.0. The normalized spacial score (nSPS) is 10.6. The van der Waals surface area contributed by atoms with Gasteiger partial charge in [-0.25, -0.2) is 0 Å². The minimum absolute atomic E-state index is 1.20. The van der Waals surface area contributed by atoms with Crippen LogP contribution in [-0.2, 0) is 19.3 Å². The highest BCUT2D eigenvalue weighted by Gasteiger charge is 1.96. The maximum Gasteiger partial charge on any atom is -0.0279 e. The van der Waals surface area contributed by atoms with Crippen molar-refractivity contribution < 1.29 is 0 Å². The number of aryl methyl sites for hydroxylation is 3. The first-order valence-electron chi connectivity index (χ1n) is 7.50. The van der Waals surface area contributed by atoms with Crippen LogP contribution in [0.4, 0.5) is 0 Å². The van der Waals surface area contributed by atoms with Gasteiger partial charge >= 0.3 is 0 Å². The summed E-state index contributed by atoms with van der Waals surface area (Å²) in [5, 5.41) is 0. The van der Waals surface area contributed by atoms with Gasteiger partial charge in [-0.2, -0.15) is 0 Å². The van der Waals surface area contributed by atoms with Gasteiger partial charge in [-0.05, 0) is 48.8 Å². The largest absolute Gasteiger partial charge is 0.0651 e. The summed E-state index contributed by atoms with van der Waals surface area (Å²) < 4.78 is 0. The number of benzene rings is 2. The van der Waals surface area contributed by atoms with Crippen LogP contribution in [0, 0.1) is 0 Å². The maximum atomic E-state index is 2.30. The Labute approximate surface area is 117 Å². The summed E-state index contributed by atoms with van der Waals surface area (Å²) >= 11 is 0. The molecule has 0 spiro atoms. The van der Waals surface area contributed by atoms with Crippen LogP contribution < -0.4 is 0 Å². The maximum absolute atomic E-state index is 2.30. The molecule has 0 N–H and O–H groups in total. The van der Waals surface area contributed by atoms with Crippen LogP contribution in [-0.4, -0.2) is 0 Å². The lowest BCUT2D eigenvalue weighted by atomic mass is 10.0. The van der Waals surface area contributed by atoms with Crippen molar-refractivity contribution in [3.8, 4) is 0 Å². The molecular weight excluding hydrogens is 228 g/mol. The van der Waals surface area contributed by atoms with Crippen LogP contribution in [0.3, 0.4) is 0 Å². The Morgan fingerprint density at radius 1 is 0.579 bits per heavy atom. The summed E-state index contributed by atoms with van der Waals surface area (Å²) in [6.45, 7) is 2.23. The van der Waals surface area contributed by atoms with Gasteiger partial charge < -0.3 is 0 Å².